The fourth-order valence-electron chi connectivity index (χ4n) is 1.61. The van der Waals surface area contributed by atoms with Gasteiger partial charge in [0.1, 0.15) is 5.01 Å². The quantitative estimate of drug-likeness (QED) is 0.809. The maximum absolute atomic E-state index is 11.9. The topological polar surface area (TPSA) is 82.5 Å². The van der Waals surface area contributed by atoms with Crippen molar-refractivity contribution >= 4 is 23.3 Å². The van der Waals surface area contributed by atoms with Gasteiger partial charge < -0.3 is 15.3 Å². The van der Waals surface area contributed by atoms with Gasteiger partial charge in [-0.2, -0.15) is 0 Å². The van der Waals surface area contributed by atoms with Crippen molar-refractivity contribution in [1.29, 1.82) is 0 Å². The second-order valence-electron chi connectivity index (χ2n) is 4.61. The van der Waals surface area contributed by atoms with Crippen LogP contribution in [0, 0.1) is 0 Å². The van der Waals surface area contributed by atoms with Crippen LogP contribution in [0.3, 0.4) is 0 Å². The Morgan fingerprint density at radius 1 is 1.55 bits per heavy atom. The van der Waals surface area contributed by atoms with Crippen LogP contribution in [0.15, 0.2) is 6.20 Å². The average molecular weight is 299 g/mol. The van der Waals surface area contributed by atoms with Gasteiger partial charge >= 0.3 is 12.0 Å². The molecule has 1 aromatic heterocycles. The van der Waals surface area contributed by atoms with Gasteiger partial charge in [-0.1, -0.05) is 6.92 Å². The highest BCUT2D eigenvalue weighted by Gasteiger charge is 2.15. The molecule has 0 aliphatic rings. The lowest BCUT2D eigenvalue weighted by Crippen LogP contribution is -2.39. The number of urea groups is 1. The zero-order chi connectivity index (χ0) is 15.1. The number of rotatable bonds is 7. The Morgan fingerprint density at radius 2 is 2.25 bits per heavy atom. The molecule has 0 aliphatic heterocycles. The Kier molecular flexibility index (Phi) is 6.44. The first-order valence-corrected chi connectivity index (χ1v) is 7.43. The van der Waals surface area contributed by atoms with Gasteiger partial charge in [-0.3, -0.25) is 4.79 Å². The molecule has 7 heteroatoms. The minimum absolute atomic E-state index is 0.0690. The zero-order valence-electron chi connectivity index (χ0n) is 12.0. The molecule has 0 aromatic carbocycles. The normalized spacial score (nSPS) is 11.9. The SMILES string of the molecule is CCc1cnc(C(C)NC(=O)N(C)CCCC(=O)O)s1. The molecule has 0 bridgehead atoms. The van der Waals surface area contributed by atoms with E-state index in [0.29, 0.717) is 13.0 Å². The molecule has 112 valence electrons. The molecule has 0 fully saturated rings. The van der Waals surface area contributed by atoms with E-state index < -0.39 is 5.97 Å². The minimum atomic E-state index is -0.845. The Balaban J connectivity index is 2.42. The minimum Gasteiger partial charge on any atom is -0.481 e. The number of amides is 2. The van der Waals surface area contributed by atoms with Crippen LogP contribution in [0.25, 0.3) is 0 Å². The van der Waals surface area contributed by atoms with Gasteiger partial charge in [0.25, 0.3) is 0 Å². The number of nitrogens with one attached hydrogen (secondary N) is 1. The summed E-state index contributed by atoms with van der Waals surface area (Å²) < 4.78 is 0. The summed E-state index contributed by atoms with van der Waals surface area (Å²) >= 11 is 1.59. The maximum Gasteiger partial charge on any atom is 0.317 e. The second kappa shape index (κ2) is 7.84. The number of nitrogens with zero attached hydrogens (tertiary/aromatic N) is 2. The van der Waals surface area contributed by atoms with Crippen LogP contribution in [0.2, 0.25) is 0 Å². The summed E-state index contributed by atoms with van der Waals surface area (Å²) in [5.74, 6) is -0.845. The van der Waals surface area contributed by atoms with Crippen molar-refractivity contribution in [2.45, 2.75) is 39.2 Å². The molecule has 20 heavy (non-hydrogen) atoms. The Bertz CT molecular complexity index is 461. The molecule has 2 amide bonds. The summed E-state index contributed by atoms with van der Waals surface area (Å²) in [6.07, 6.45) is 3.29. The standard InChI is InChI=1S/C13H21N3O3S/c1-4-10-8-14-12(20-10)9(2)15-13(19)16(3)7-5-6-11(17)18/h8-9H,4-7H2,1-3H3,(H,15,19)(H,17,18). The highest BCUT2D eigenvalue weighted by atomic mass is 32.1. The van der Waals surface area contributed by atoms with E-state index in [9.17, 15) is 9.59 Å². The Labute approximate surface area is 122 Å². The molecule has 0 aliphatic carbocycles. The van der Waals surface area contributed by atoms with Gasteiger partial charge in [-0.25, -0.2) is 9.78 Å². The van der Waals surface area contributed by atoms with Gasteiger partial charge in [0.05, 0.1) is 6.04 Å². The van der Waals surface area contributed by atoms with E-state index in [0.717, 1.165) is 11.4 Å². The molecular weight excluding hydrogens is 278 g/mol. The molecule has 0 spiro atoms. The summed E-state index contributed by atoms with van der Waals surface area (Å²) in [5.41, 5.74) is 0. The van der Waals surface area contributed by atoms with E-state index in [-0.39, 0.29) is 18.5 Å². The van der Waals surface area contributed by atoms with Crippen molar-refractivity contribution < 1.29 is 14.7 Å². The maximum atomic E-state index is 11.9. The molecule has 2 N–H and O–H groups in total. The monoisotopic (exact) mass is 299 g/mol. The van der Waals surface area contributed by atoms with Gasteiger partial charge in [0.2, 0.25) is 0 Å². The van der Waals surface area contributed by atoms with Crippen LogP contribution < -0.4 is 5.32 Å². The average Bonchev–Trinajstić information content (AvgIpc) is 2.86. The van der Waals surface area contributed by atoms with Gasteiger partial charge in [0.15, 0.2) is 0 Å². The smallest absolute Gasteiger partial charge is 0.317 e. The van der Waals surface area contributed by atoms with E-state index in [4.69, 9.17) is 5.11 Å². The lowest BCUT2D eigenvalue weighted by Gasteiger charge is -2.20. The number of hydrogen-bond acceptors (Lipinski definition) is 4. The van der Waals surface area contributed by atoms with Crippen LogP contribution in [-0.2, 0) is 11.2 Å². The fraction of sp³-hybridized carbons (Fsp3) is 0.615. The summed E-state index contributed by atoms with van der Waals surface area (Å²) in [6.45, 7) is 4.38. The van der Waals surface area contributed by atoms with Crippen LogP contribution in [0.5, 0.6) is 0 Å². The number of thiazole rings is 1. The summed E-state index contributed by atoms with van der Waals surface area (Å²) in [7, 11) is 1.66. The first-order chi connectivity index (χ1) is 9.43. The van der Waals surface area contributed by atoms with Gasteiger partial charge in [-0.05, 0) is 19.8 Å². The van der Waals surface area contributed by atoms with E-state index in [2.05, 4.69) is 17.2 Å². The van der Waals surface area contributed by atoms with Crippen molar-refractivity contribution in [2.75, 3.05) is 13.6 Å². The lowest BCUT2D eigenvalue weighted by molar-refractivity contribution is -0.137. The molecule has 1 atom stereocenters. The molecule has 1 rings (SSSR count). The highest BCUT2D eigenvalue weighted by Crippen LogP contribution is 2.20. The third-order valence-corrected chi connectivity index (χ3v) is 4.19. The third-order valence-electron chi connectivity index (χ3n) is 2.86. The molecule has 0 saturated carbocycles. The molecule has 1 aromatic rings. The first kappa shape index (κ1) is 16.4. The van der Waals surface area contributed by atoms with Gasteiger partial charge in [0, 0.05) is 31.1 Å². The third kappa shape index (κ3) is 5.16. The number of aliphatic carboxylic acids is 1. The number of carbonyl (C=O) groups excluding carboxylic acids is 1. The Hall–Kier alpha value is -1.63. The van der Waals surface area contributed by atoms with Crippen LogP contribution in [0.1, 0.15) is 42.6 Å². The first-order valence-electron chi connectivity index (χ1n) is 6.62. The summed E-state index contributed by atoms with van der Waals surface area (Å²) in [6, 6.07) is -0.356. The van der Waals surface area contributed by atoms with Crippen molar-refractivity contribution in [3.05, 3.63) is 16.1 Å². The zero-order valence-corrected chi connectivity index (χ0v) is 12.9. The van der Waals surface area contributed by atoms with Crippen molar-refractivity contribution in [3.63, 3.8) is 0 Å². The highest BCUT2D eigenvalue weighted by molar-refractivity contribution is 7.11. The number of aryl methyl sites for hydroxylation is 1. The molecule has 0 radical (unpaired) electrons. The number of carboxylic acids is 1. The van der Waals surface area contributed by atoms with Gasteiger partial charge in [-0.15, -0.1) is 11.3 Å². The van der Waals surface area contributed by atoms with Crippen LogP contribution in [0.4, 0.5) is 4.79 Å². The number of aromatic nitrogens is 1. The summed E-state index contributed by atoms with van der Waals surface area (Å²) in [5, 5.41) is 12.3. The number of hydrogen-bond donors (Lipinski definition) is 2. The molecular formula is C13H21N3O3S. The molecule has 0 saturated heterocycles. The largest absolute Gasteiger partial charge is 0.481 e. The van der Waals surface area contributed by atoms with Crippen molar-refractivity contribution in [1.82, 2.24) is 15.2 Å². The van der Waals surface area contributed by atoms with Crippen LogP contribution >= 0.6 is 11.3 Å². The summed E-state index contributed by atoms with van der Waals surface area (Å²) in [4.78, 5) is 29.3. The molecule has 1 unspecified atom stereocenters. The fourth-order valence-corrected chi connectivity index (χ4v) is 2.47. The predicted molar refractivity (Wildman–Crippen MR) is 77.9 cm³/mol. The lowest BCUT2D eigenvalue weighted by atomic mass is 10.3. The Morgan fingerprint density at radius 3 is 2.80 bits per heavy atom. The second-order valence-corrected chi connectivity index (χ2v) is 5.76. The van der Waals surface area contributed by atoms with Crippen LogP contribution in [-0.4, -0.2) is 40.6 Å². The number of carboxylic acid groups (broad SMARTS) is 1. The van der Waals surface area contributed by atoms with E-state index in [1.54, 1.807) is 18.4 Å². The van der Waals surface area contributed by atoms with E-state index >= 15 is 0 Å². The predicted octanol–water partition coefficient (Wildman–Crippen LogP) is 2.27. The number of carbonyl (C=O) groups is 2. The van der Waals surface area contributed by atoms with E-state index in [1.165, 1.54) is 9.78 Å². The molecule has 1 heterocycles. The van der Waals surface area contributed by atoms with Crippen molar-refractivity contribution in [3.8, 4) is 0 Å². The van der Waals surface area contributed by atoms with Crippen molar-refractivity contribution in [2.24, 2.45) is 0 Å². The van der Waals surface area contributed by atoms with E-state index in [1.807, 2.05) is 13.1 Å². The molecule has 6 nitrogen and oxygen atoms in total.